The van der Waals surface area contributed by atoms with Gasteiger partial charge in [-0.1, -0.05) is 0 Å². The summed E-state index contributed by atoms with van der Waals surface area (Å²) in [5.41, 5.74) is 3.68. The van der Waals surface area contributed by atoms with Crippen molar-refractivity contribution in [2.45, 2.75) is 26.3 Å². The van der Waals surface area contributed by atoms with E-state index in [1.807, 2.05) is 12.4 Å². The van der Waals surface area contributed by atoms with Crippen LogP contribution in [0.3, 0.4) is 0 Å². The fraction of sp³-hybridized carbons (Fsp3) is 0.611. The van der Waals surface area contributed by atoms with E-state index in [1.54, 1.807) is 0 Å². The summed E-state index contributed by atoms with van der Waals surface area (Å²) in [4.78, 5) is 18.9. The normalized spacial score (nSPS) is 18.9. The molecule has 4 rings (SSSR count). The fourth-order valence-corrected chi connectivity index (χ4v) is 3.63. The van der Waals surface area contributed by atoms with Gasteiger partial charge in [-0.2, -0.15) is 0 Å². The number of imidazole rings is 1. The van der Waals surface area contributed by atoms with Crippen molar-refractivity contribution in [3.63, 3.8) is 0 Å². The van der Waals surface area contributed by atoms with Gasteiger partial charge in [0.25, 0.3) is 0 Å². The van der Waals surface area contributed by atoms with E-state index >= 15 is 0 Å². The maximum atomic E-state index is 5.45. The van der Waals surface area contributed by atoms with Crippen LogP contribution < -0.4 is 4.90 Å². The minimum absolute atomic E-state index is 0.761. The summed E-state index contributed by atoms with van der Waals surface area (Å²) in [5, 5.41) is 0. The number of ether oxygens (including phenoxy) is 1. The molecule has 1 saturated heterocycles. The van der Waals surface area contributed by atoms with Crippen molar-refractivity contribution < 1.29 is 4.74 Å². The molecule has 0 spiro atoms. The highest BCUT2D eigenvalue weighted by atomic mass is 16.5. The summed E-state index contributed by atoms with van der Waals surface area (Å²) in [7, 11) is 2.05. The van der Waals surface area contributed by atoms with Gasteiger partial charge < -0.3 is 14.2 Å². The maximum absolute atomic E-state index is 5.45. The third kappa shape index (κ3) is 3.52. The molecule has 134 valence electrons. The lowest BCUT2D eigenvalue weighted by Crippen LogP contribution is -2.37. The minimum Gasteiger partial charge on any atom is -0.378 e. The van der Waals surface area contributed by atoms with Crippen LogP contribution in [0.5, 0.6) is 0 Å². The zero-order chi connectivity index (χ0) is 17.2. The van der Waals surface area contributed by atoms with Crippen LogP contribution in [0.2, 0.25) is 0 Å². The van der Waals surface area contributed by atoms with Crippen LogP contribution in [0.1, 0.15) is 22.8 Å². The van der Waals surface area contributed by atoms with Gasteiger partial charge in [0.05, 0.1) is 25.5 Å². The molecule has 0 amide bonds. The van der Waals surface area contributed by atoms with Gasteiger partial charge in [-0.25, -0.2) is 15.0 Å². The van der Waals surface area contributed by atoms with Crippen molar-refractivity contribution in [1.29, 1.82) is 0 Å². The first-order valence-electron chi connectivity index (χ1n) is 9.08. The predicted octanol–water partition coefficient (Wildman–Crippen LogP) is 0.956. The number of anilines is 1. The van der Waals surface area contributed by atoms with Crippen molar-refractivity contribution in [2.24, 2.45) is 7.05 Å². The molecule has 25 heavy (non-hydrogen) atoms. The highest BCUT2D eigenvalue weighted by molar-refractivity contribution is 5.38. The van der Waals surface area contributed by atoms with E-state index in [2.05, 4.69) is 33.3 Å². The first kappa shape index (κ1) is 16.5. The number of rotatable bonds is 3. The lowest BCUT2D eigenvalue weighted by atomic mass is 10.1. The zero-order valence-corrected chi connectivity index (χ0v) is 15.1. The highest BCUT2D eigenvalue weighted by Gasteiger charge is 2.22. The molecule has 7 nitrogen and oxygen atoms in total. The van der Waals surface area contributed by atoms with Crippen molar-refractivity contribution in [2.75, 3.05) is 44.3 Å². The van der Waals surface area contributed by atoms with Gasteiger partial charge in [-0.15, -0.1) is 0 Å². The van der Waals surface area contributed by atoms with Gasteiger partial charge in [0.15, 0.2) is 0 Å². The van der Waals surface area contributed by atoms with Crippen LogP contribution in [0.4, 0.5) is 5.95 Å². The van der Waals surface area contributed by atoms with Gasteiger partial charge in [0, 0.05) is 57.7 Å². The Morgan fingerprint density at radius 2 is 1.88 bits per heavy atom. The van der Waals surface area contributed by atoms with Crippen molar-refractivity contribution >= 4 is 5.95 Å². The average Bonchev–Trinajstić information content (AvgIpc) is 2.91. The monoisotopic (exact) mass is 342 g/mol. The Labute approximate surface area is 148 Å². The Morgan fingerprint density at radius 3 is 2.64 bits per heavy atom. The number of fused-ring (bicyclic) bond motifs is 1. The summed E-state index contributed by atoms with van der Waals surface area (Å²) < 4.78 is 7.54. The molecule has 0 aliphatic carbocycles. The molecule has 2 aromatic rings. The van der Waals surface area contributed by atoms with E-state index in [9.17, 15) is 0 Å². The molecule has 0 aromatic carbocycles. The van der Waals surface area contributed by atoms with E-state index in [0.717, 1.165) is 76.2 Å². The van der Waals surface area contributed by atoms with Crippen LogP contribution in [0, 0.1) is 6.92 Å². The van der Waals surface area contributed by atoms with Crippen LogP contribution in [0.25, 0.3) is 0 Å². The van der Waals surface area contributed by atoms with E-state index in [1.165, 1.54) is 11.3 Å². The van der Waals surface area contributed by atoms with Crippen LogP contribution in [-0.4, -0.2) is 63.8 Å². The predicted molar refractivity (Wildman–Crippen MR) is 95.7 cm³/mol. The molecule has 0 atom stereocenters. The number of hydrogen-bond donors (Lipinski definition) is 0. The minimum atomic E-state index is 0.761. The second-order valence-electron chi connectivity index (χ2n) is 6.86. The topological polar surface area (TPSA) is 59.3 Å². The number of aromatic nitrogens is 4. The molecule has 0 N–H and O–H groups in total. The molecule has 7 heteroatoms. The standard InChI is InChI=1S/C18H26N6O/c1-14-15-3-6-23(13-17-19-5-8-22(17)2)7-4-16(15)21-18(20-14)24-9-11-25-12-10-24/h5,8H,3-4,6-7,9-13H2,1-2H3. The summed E-state index contributed by atoms with van der Waals surface area (Å²) in [6.45, 7) is 8.33. The Hall–Kier alpha value is -1.99. The van der Waals surface area contributed by atoms with Crippen LogP contribution in [-0.2, 0) is 31.2 Å². The lowest BCUT2D eigenvalue weighted by Gasteiger charge is -2.27. The second-order valence-corrected chi connectivity index (χ2v) is 6.86. The van der Waals surface area contributed by atoms with E-state index in [0.29, 0.717) is 0 Å². The molecule has 2 aromatic heterocycles. The van der Waals surface area contributed by atoms with Crippen molar-refractivity contribution in [3.05, 3.63) is 35.2 Å². The van der Waals surface area contributed by atoms with Gasteiger partial charge >= 0.3 is 0 Å². The second kappa shape index (κ2) is 7.09. The average molecular weight is 342 g/mol. The van der Waals surface area contributed by atoms with Gasteiger partial charge in [0.2, 0.25) is 5.95 Å². The van der Waals surface area contributed by atoms with E-state index in [-0.39, 0.29) is 0 Å². The molecule has 0 radical (unpaired) electrons. The lowest BCUT2D eigenvalue weighted by molar-refractivity contribution is 0.122. The highest BCUT2D eigenvalue weighted by Crippen LogP contribution is 2.21. The summed E-state index contributed by atoms with van der Waals surface area (Å²) in [5.74, 6) is 1.99. The number of morpholine rings is 1. The number of nitrogens with zero attached hydrogens (tertiary/aromatic N) is 6. The SMILES string of the molecule is Cc1nc(N2CCOCC2)nc2c1CCN(Cc1nccn1C)CC2. The van der Waals surface area contributed by atoms with Gasteiger partial charge in [-0.05, 0) is 18.9 Å². The third-order valence-electron chi connectivity index (χ3n) is 5.21. The first-order chi connectivity index (χ1) is 12.2. The summed E-state index contributed by atoms with van der Waals surface area (Å²) in [6.07, 6.45) is 5.85. The zero-order valence-electron chi connectivity index (χ0n) is 15.1. The Balaban J connectivity index is 1.50. The molecular weight excluding hydrogens is 316 g/mol. The van der Waals surface area contributed by atoms with Crippen LogP contribution >= 0.6 is 0 Å². The molecule has 2 aliphatic heterocycles. The molecule has 0 unspecified atom stereocenters. The van der Waals surface area contributed by atoms with Gasteiger partial charge in [-0.3, -0.25) is 4.90 Å². The summed E-state index contributed by atoms with van der Waals surface area (Å²) in [6, 6.07) is 0. The largest absolute Gasteiger partial charge is 0.378 e. The Morgan fingerprint density at radius 1 is 1.08 bits per heavy atom. The Bertz CT molecular complexity index is 737. The first-order valence-corrected chi connectivity index (χ1v) is 9.08. The molecule has 0 bridgehead atoms. The van der Waals surface area contributed by atoms with Gasteiger partial charge in [0.1, 0.15) is 5.82 Å². The number of hydrogen-bond acceptors (Lipinski definition) is 6. The Kier molecular flexibility index (Phi) is 4.67. The van der Waals surface area contributed by atoms with Crippen molar-refractivity contribution in [3.8, 4) is 0 Å². The van der Waals surface area contributed by atoms with Crippen LogP contribution in [0.15, 0.2) is 12.4 Å². The molecular formula is C18H26N6O. The van der Waals surface area contributed by atoms with Crippen molar-refractivity contribution in [1.82, 2.24) is 24.4 Å². The van der Waals surface area contributed by atoms with E-state index < -0.39 is 0 Å². The van der Waals surface area contributed by atoms with E-state index in [4.69, 9.17) is 14.7 Å². The molecule has 4 heterocycles. The molecule has 2 aliphatic rings. The maximum Gasteiger partial charge on any atom is 0.225 e. The number of aryl methyl sites for hydroxylation is 2. The quantitative estimate of drug-likeness (QED) is 0.828. The fourth-order valence-electron chi connectivity index (χ4n) is 3.63. The molecule has 1 fully saturated rings. The smallest absolute Gasteiger partial charge is 0.225 e. The molecule has 0 saturated carbocycles. The summed E-state index contributed by atoms with van der Waals surface area (Å²) >= 11 is 0. The third-order valence-corrected chi connectivity index (χ3v) is 5.21.